The number of anilines is 1. The summed E-state index contributed by atoms with van der Waals surface area (Å²) in [7, 11) is 0. The van der Waals surface area contributed by atoms with Gasteiger partial charge < -0.3 is 5.32 Å². The average molecular weight is 315 g/mol. The second-order valence-electron chi connectivity index (χ2n) is 5.34. The SMILES string of the molecule is CC1(C(=O)Nc2sc3c(c2C#N)CCC3)CC1(Cl)Cl. The van der Waals surface area contributed by atoms with Crippen molar-refractivity contribution in [2.24, 2.45) is 5.41 Å². The second kappa shape index (κ2) is 4.12. The Labute approximate surface area is 125 Å². The highest BCUT2D eigenvalue weighted by atomic mass is 35.5. The molecule has 1 amide bonds. The van der Waals surface area contributed by atoms with Crippen LogP contribution in [0.2, 0.25) is 0 Å². The van der Waals surface area contributed by atoms with E-state index in [4.69, 9.17) is 23.2 Å². The van der Waals surface area contributed by atoms with Crippen molar-refractivity contribution in [2.75, 3.05) is 5.32 Å². The van der Waals surface area contributed by atoms with E-state index in [1.807, 2.05) is 0 Å². The Morgan fingerprint density at radius 2 is 2.16 bits per heavy atom. The summed E-state index contributed by atoms with van der Waals surface area (Å²) >= 11 is 13.5. The van der Waals surface area contributed by atoms with Crippen LogP contribution in [0, 0.1) is 16.7 Å². The smallest absolute Gasteiger partial charge is 0.234 e. The molecule has 100 valence electrons. The van der Waals surface area contributed by atoms with Crippen molar-refractivity contribution in [3.8, 4) is 6.07 Å². The van der Waals surface area contributed by atoms with E-state index in [0.717, 1.165) is 24.8 Å². The van der Waals surface area contributed by atoms with Crippen molar-refractivity contribution >= 4 is 45.4 Å². The Balaban J connectivity index is 1.86. The number of nitrogens with zero attached hydrogens (tertiary/aromatic N) is 1. The largest absolute Gasteiger partial charge is 0.316 e. The van der Waals surface area contributed by atoms with Gasteiger partial charge in [0.1, 0.15) is 15.4 Å². The van der Waals surface area contributed by atoms with Crippen LogP contribution in [0.1, 0.15) is 35.8 Å². The monoisotopic (exact) mass is 314 g/mol. The molecule has 0 spiro atoms. The van der Waals surface area contributed by atoms with Gasteiger partial charge in [0.15, 0.2) is 0 Å². The number of amides is 1. The number of nitrogens with one attached hydrogen (secondary N) is 1. The van der Waals surface area contributed by atoms with E-state index in [9.17, 15) is 10.1 Å². The molecule has 1 fully saturated rings. The average Bonchev–Trinajstić information content (AvgIpc) is 2.71. The number of alkyl halides is 2. The molecule has 0 bridgehead atoms. The van der Waals surface area contributed by atoms with Crippen LogP contribution in [0.3, 0.4) is 0 Å². The third-order valence-electron chi connectivity index (χ3n) is 4.02. The Hall–Kier alpha value is -0.760. The minimum absolute atomic E-state index is 0.200. The molecule has 2 aliphatic carbocycles. The lowest BCUT2D eigenvalue weighted by Gasteiger charge is -2.11. The molecule has 19 heavy (non-hydrogen) atoms. The van der Waals surface area contributed by atoms with Gasteiger partial charge in [-0.3, -0.25) is 4.79 Å². The first-order chi connectivity index (χ1) is 8.89. The van der Waals surface area contributed by atoms with Crippen molar-refractivity contribution in [2.45, 2.75) is 36.9 Å². The molecule has 1 N–H and O–H groups in total. The topological polar surface area (TPSA) is 52.9 Å². The Morgan fingerprint density at radius 3 is 2.74 bits per heavy atom. The van der Waals surface area contributed by atoms with Gasteiger partial charge in [0.25, 0.3) is 0 Å². The number of halogens is 2. The Morgan fingerprint density at radius 1 is 1.47 bits per heavy atom. The molecule has 1 saturated carbocycles. The summed E-state index contributed by atoms with van der Waals surface area (Å²) < 4.78 is -0.982. The van der Waals surface area contributed by atoms with E-state index in [1.165, 1.54) is 16.2 Å². The molecule has 0 radical (unpaired) electrons. The lowest BCUT2D eigenvalue weighted by Crippen LogP contribution is -2.25. The maximum absolute atomic E-state index is 12.2. The van der Waals surface area contributed by atoms with E-state index in [2.05, 4.69) is 11.4 Å². The summed E-state index contributed by atoms with van der Waals surface area (Å²) in [4.78, 5) is 13.4. The van der Waals surface area contributed by atoms with Gasteiger partial charge >= 0.3 is 0 Å². The number of rotatable bonds is 2. The number of fused-ring (bicyclic) bond motifs is 1. The Bertz CT molecular complexity index is 617. The van der Waals surface area contributed by atoms with Crippen LogP contribution in [-0.4, -0.2) is 10.2 Å². The predicted octanol–water partition coefficient (Wildman–Crippen LogP) is 3.63. The van der Waals surface area contributed by atoms with Gasteiger partial charge in [-0.15, -0.1) is 34.5 Å². The summed E-state index contributed by atoms with van der Waals surface area (Å²) in [6.45, 7) is 1.75. The number of aryl methyl sites for hydroxylation is 1. The number of carbonyl (C=O) groups is 1. The fourth-order valence-electron chi connectivity index (χ4n) is 2.50. The molecular formula is C13H12Cl2N2OS. The number of hydrogen-bond donors (Lipinski definition) is 1. The molecule has 0 saturated heterocycles. The third kappa shape index (κ3) is 1.87. The van der Waals surface area contributed by atoms with Gasteiger partial charge in [-0.05, 0) is 38.2 Å². The molecule has 1 atom stereocenters. The van der Waals surface area contributed by atoms with Crippen molar-refractivity contribution in [1.82, 2.24) is 0 Å². The summed E-state index contributed by atoms with van der Waals surface area (Å²) in [6.07, 6.45) is 3.46. The predicted molar refractivity (Wildman–Crippen MR) is 76.8 cm³/mol. The normalized spacial score (nSPS) is 26.6. The molecule has 3 nitrogen and oxygen atoms in total. The fraction of sp³-hybridized carbons (Fsp3) is 0.538. The van der Waals surface area contributed by atoms with E-state index in [1.54, 1.807) is 6.92 Å². The number of hydrogen-bond acceptors (Lipinski definition) is 3. The second-order valence-corrected chi connectivity index (χ2v) is 7.93. The standard InChI is InChI=1S/C13H12Cl2N2OS/c1-12(6-13(12,14)15)11(18)17-10-8(5-16)7-3-2-4-9(7)19-10/h2-4,6H2,1H3,(H,17,18). The molecule has 0 aromatic carbocycles. The molecule has 1 aromatic heterocycles. The fourth-order valence-corrected chi connectivity index (χ4v) is 4.44. The maximum atomic E-state index is 12.2. The maximum Gasteiger partial charge on any atom is 0.234 e. The highest BCUT2D eigenvalue weighted by Crippen LogP contribution is 2.64. The zero-order chi connectivity index (χ0) is 13.8. The Kier molecular flexibility index (Phi) is 2.87. The summed E-state index contributed by atoms with van der Waals surface area (Å²) in [6, 6.07) is 2.20. The first-order valence-corrected chi connectivity index (χ1v) is 7.70. The molecule has 1 aromatic rings. The first kappa shape index (κ1) is 13.2. The van der Waals surface area contributed by atoms with Crippen molar-refractivity contribution in [1.29, 1.82) is 5.26 Å². The lowest BCUT2D eigenvalue weighted by atomic mass is 10.1. The zero-order valence-electron chi connectivity index (χ0n) is 10.3. The number of carbonyl (C=O) groups excluding carboxylic acids is 1. The molecular weight excluding hydrogens is 303 g/mol. The molecule has 6 heteroatoms. The van der Waals surface area contributed by atoms with E-state index < -0.39 is 9.75 Å². The molecule has 3 rings (SSSR count). The van der Waals surface area contributed by atoms with Crippen LogP contribution in [0.5, 0.6) is 0 Å². The quantitative estimate of drug-likeness (QED) is 0.847. The third-order valence-corrected chi connectivity index (χ3v) is 6.33. The van der Waals surface area contributed by atoms with Crippen LogP contribution < -0.4 is 5.32 Å². The highest BCUT2D eigenvalue weighted by molar-refractivity contribution is 7.16. The molecule has 1 unspecified atom stereocenters. The molecule has 2 aliphatic rings. The van der Waals surface area contributed by atoms with Crippen LogP contribution in [-0.2, 0) is 17.6 Å². The van der Waals surface area contributed by atoms with Gasteiger partial charge in [-0.25, -0.2) is 0 Å². The van der Waals surface area contributed by atoms with Crippen LogP contribution in [0.25, 0.3) is 0 Å². The van der Waals surface area contributed by atoms with Gasteiger partial charge in [0.05, 0.1) is 11.0 Å². The summed E-state index contributed by atoms with van der Waals surface area (Å²) in [5, 5.41) is 12.7. The summed E-state index contributed by atoms with van der Waals surface area (Å²) in [5.74, 6) is -0.200. The minimum Gasteiger partial charge on any atom is -0.316 e. The van der Waals surface area contributed by atoms with Crippen LogP contribution in [0.15, 0.2) is 0 Å². The highest BCUT2D eigenvalue weighted by Gasteiger charge is 2.68. The number of nitriles is 1. The first-order valence-electron chi connectivity index (χ1n) is 6.13. The van der Waals surface area contributed by atoms with E-state index in [0.29, 0.717) is 17.0 Å². The lowest BCUT2D eigenvalue weighted by molar-refractivity contribution is -0.120. The summed E-state index contributed by atoms with van der Waals surface area (Å²) in [5.41, 5.74) is 0.966. The van der Waals surface area contributed by atoms with Crippen molar-refractivity contribution < 1.29 is 4.79 Å². The molecule has 0 aliphatic heterocycles. The van der Waals surface area contributed by atoms with Crippen LogP contribution >= 0.6 is 34.5 Å². The number of thiophene rings is 1. The van der Waals surface area contributed by atoms with Crippen LogP contribution in [0.4, 0.5) is 5.00 Å². The van der Waals surface area contributed by atoms with Crippen molar-refractivity contribution in [3.63, 3.8) is 0 Å². The molecule has 1 heterocycles. The minimum atomic E-state index is -0.982. The van der Waals surface area contributed by atoms with E-state index in [-0.39, 0.29) is 5.91 Å². The van der Waals surface area contributed by atoms with Gasteiger partial charge in [-0.1, -0.05) is 0 Å². The van der Waals surface area contributed by atoms with Gasteiger partial charge in [-0.2, -0.15) is 5.26 Å². The van der Waals surface area contributed by atoms with Gasteiger partial charge in [0.2, 0.25) is 5.91 Å². The van der Waals surface area contributed by atoms with Gasteiger partial charge in [0, 0.05) is 4.88 Å². The van der Waals surface area contributed by atoms with E-state index >= 15 is 0 Å². The zero-order valence-corrected chi connectivity index (χ0v) is 12.7. The van der Waals surface area contributed by atoms with Crippen molar-refractivity contribution in [3.05, 3.63) is 16.0 Å².